The number of amides is 1. The summed E-state index contributed by atoms with van der Waals surface area (Å²) in [5, 5.41) is 11.8. The SMILES string of the molecule is N#Cc1ccc(NC(=O)c2ccnc(CN)c2)cc1Cl. The first-order chi connectivity index (χ1) is 9.63. The van der Waals surface area contributed by atoms with Gasteiger partial charge in [0.05, 0.1) is 16.3 Å². The third-order valence-corrected chi connectivity index (χ3v) is 2.95. The summed E-state index contributed by atoms with van der Waals surface area (Å²) in [6.07, 6.45) is 1.53. The van der Waals surface area contributed by atoms with Crippen LogP contribution in [-0.4, -0.2) is 10.9 Å². The van der Waals surface area contributed by atoms with Gasteiger partial charge in [-0.1, -0.05) is 11.6 Å². The maximum Gasteiger partial charge on any atom is 0.255 e. The largest absolute Gasteiger partial charge is 0.325 e. The second-order valence-electron chi connectivity index (χ2n) is 4.00. The minimum absolute atomic E-state index is 0.268. The van der Waals surface area contributed by atoms with Gasteiger partial charge in [-0.2, -0.15) is 5.26 Å². The van der Waals surface area contributed by atoms with Crippen molar-refractivity contribution < 1.29 is 4.79 Å². The molecule has 0 bridgehead atoms. The van der Waals surface area contributed by atoms with Gasteiger partial charge in [0.15, 0.2) is 0 Å². The zero-order valence-electron chi connectivity index (χ0n) is 10.4. The van der Waals surface area contributed by atoms with E-state index in [-0.39, 0.29) is 12.5 Å². The van der Waals surface area contributed by atoms with Crippen LogP contribution in [0, 0.1) is 11.3 Å². The molecule has 2 rings (SSSR count). The van der Waals surface area contributed by atoms with Crippen molar-refractivity contribution in [3.05, 3.63) is 58.4 Å². The fourth-order valence-electron chi connectivity index (χ4n) is 1.62. The number of benzene rings is 1. The molecule has 0 aliphatic carbocycles. The van der Waals surface area contributed by atoms with E-state index in [0.717, 1.165) is 0 Å². The molecule has 0 saturated carbocycles. The van der Waals surface area contributed by atoms with Crippen LogP contribution in [0.15, 0.2) is 36.5 Å². The molecule has 0 atom stereocenters. The van der Waals surface area contributed by atoms with Gasteiger partial charge < -0.3 is 11.1 Å². The monoisotopic (exact) mass is 286 g/mol. The van der Waals surface area contributed by atoms with Gasteiger partial charge >= 0.3 is 0 Å². The highest BCUT2D eigenvalue weighted by molar-refractivity contribution is 6.32. The number of rotatable bonds is 3. The molecule has 0 aliphatic heterocycles. The lowest BCUT2D eigenvalue weighted by Crippen LogP contribution is -2.13. The van der Waals surface area contributed by atoms with E-state index in [1.165, 1.54) is 12.3 Å². The highest BCUT2D eigenvalue weighted by Crippen LogP contribution is 2.20. The second-order valence-corrected chi connectivity index (χ2v) is 4.41. The summed E-state index contributed by atoms with van der Waals surface area (Å²) in [5.41, 5.74) is 7.45. The predicted molar refractivity (Wildman–Crippen MR) is 76.2 cm³/mol. The van der Waals surface area contributed by atoms with E-state index in [9.17, 15) is 4.79 Å². The van der Waals surface area contributed by atoms with E-state index in [2.05, 4.69) is 10.3 Å². The fourth-order valence-corrected chi connectivity index (χ4v) is 1.84. The number of nitrogens with zero attached hydrogens (tertiary/aromatic N) is 2. The number of halogens is 1. The average Bonchev–Trinajstić information content (AvgIpc) is 2.47. The first kappa shape index (κ1) is 14.0. The summed E-state index contributed by atoms with van der Waals surface area (Å²) in [6, 6.07) is 9.88. The molecule has 5 nitrogen and oxygen atoms in total. The number of nitrogens with two attached hydrogens (primary N) is 1. The lowest BCUT2D eigenvalue weighted by Gasteiger charge is -2.07. The maximum atomic E-state index is 12.1. The summed E-state index contributed by atoms with van der Waals surface area (Å²) in [7, 11) is 0. The molecule has 0 unspecified atom stereocenters. The van der Waals surface area contributed by atoms with Crippen molar-refractivity contribution in [1.82, 2.24) is 4.98 Å². The molecule has 100 valence electrons. The Bertz CT molecular complexity index is 694. The molecule has 6 heteroatoms. The highest BCUT2D eigenvalue weighted by atomic mass is 35.5. The van der Waals surface area contributed by atoms with Gasteiger partial charge in [0.2, 0.25) is 0 Å². The molecule has 0 saturated heterocycles. The van der Waals surface area contributed by atoms with Crippen LogP contribution in [0.2, 0.25) is 5.02 Å². The summed E-state index contributed by atoms with van der Waals surface area (Å²) < 4.78 is 0. The van der Waals surface area contributed by atoms with E-state index in [1.54, 1.807) is 24.3 Å². The van der Waals surface area contributed by atoms with Crippen LogP contribution < -0.4 is 11.1 Å². The number of hydrogen-bond donors (Lipinski definition) is 2. The second kappa shape index (κ2) is 6.15. The van der Waals surface area contributed by atoms with Crippen LogP contribution >= 0.6 is 11.6 Å². The smallest absolute Gasteiger partial charge is 0.255 e. The number of anilines is 1. The molecule has 0 fully saturated rings. The number of nitriles is 1. The zero-order chi connectivity index (χ0) is 14.5. The van der Waals surface area contributed by atoms with Crippen LogP contribution in [0.3, 0.4) is 0 Å². The van der Waals surface area contributed by atoms with Gasteiger partial charge in [0.25, 0.3) is 5.91 Å². The number of pyridine rings is 1. The third-order valence-electron chi connectivity index (χ3n) is 2.64. The summed E-state index contributed by atoms with van der Waals surface area (Å²) in [6.45, 7) is 0.268. The van der Waals surface area contributed by atoms with Crippen LogP contribution in [0.25, 0.3) is 0 Å². The molecular weight excluding hydrogens is 276 g/mol. The van der Waals surface area contributed by atoms with Crippen molar-refractivity contribution in [3.63, 3.8) is 0 Å². The Morgan fingerprint density at radius 3 is 2.85 bits per heavy atom. The zero-order valence-corrected chi connectivity index (χ0v) is 11.2. The molecule has 3 N–H and O–H groups in total. The predicted octanol–water partition coefficient (Wildman–Crippen LogP) is 2.32. The number of hydrogen-bond acceptors (Lipinski definition) is 4. The Hall–Kier alpha value is -2.42. The fraction of sp³-hybridized carbons (Fsp3) is 0.0714. The van der Waals surface area contributed by atoms with Crippen LogP contribution in [-0.2, 0) is 6.54 Å². The Kier molecular flexibility index (Phi) is 4.31. The van der Waals surface area contributed by atoms with E-state index >= 15 is 0 Å². The number of carbonyl (C=O) groups excluding carboxylic acids is 1. The normalized spacial score (nSPS) is 9.85. The van der Waals surface area contributed by atoms with E-state index in [1.807, 2.05) is 6.07 Å². The molecule has 0 spiro atoms. The van der Waals surface area contributed by atoms with Gasteiger partial charge in [-0.05, 0) is 30.3 Å². The van der Waals surface area contributed by atoms with Gasteiger partial charge in [0.1, 0.15) is 6.07 Å². The molecule has 20 heavy (non-hydrogen) atoms. The minimum Gasteiger partial charge on any atom is -0.325 e. The summed E-state index contributed by atoms with van der Waals surface area (Å²) in [4.78, 5) is 16.1. The number of aromatic nitrogens is 1. The lowest BCUT2D eigenvalue weighted by atomic mass is 10.2. The molecule has 1 amide bonds. The van der Waals surface area contributed by atoms with Crippen molar-refractivity contribution in [2.75, 3.05) is 5.32 Å². The molecule has 0 aliphatic rings. The molecule has 0 radical (unpaired) electrons. The minimum atomic E-state index is -0.289. The highest BCUT2D eigenvalue weighted by Gasteiger charge is 2.08. The van der Waals surface area contributed by atoms with Gasteiger partial charge in [-0.15, -0.1) is 0 Å². The molecular formula is C14H11ClN4O. The average molecular weight is 287 g/mol. The van der Waals surface area contributed by atoms with Gasteiger partial charge in [-0.3, -0.25) is 9.78 Å². The Balaban J connectivity index is 2.19. The molecule has 2 aromatic rings. The first-order valence-electron chi connectivity index (χ1n) is 5.80. The third kappa shape index (κ3) is 3.12. The maximum absolute atomic E-state index is 12.1. The Morgan fingerprint density at radius 1 is 1.40 bits per heavy atom. The molecule has 1 aromatic heterocycles. The van der Waals surface area contributed by atoms with Crippen LogP contribution in [0.1, 0.15) is 21.6 Å². The van der Waals surface area contributed by atoms with Crippen LogP contribution in [0.4, 0.5) is 5.69 Å². The van der Waals surface area contributed by atoms with E-state index in [4.69, 9.17) is 22.6 Å². The number of carbonyl (C=O) groups is 1. The number of nitrogens with one attached hydrogen (secondary N) is 1. The summed E-state index contributed by atoms with van der Waals surface area (Å²) in [5.74, 6) is -0.289. The van der Waals surface area contributed by atoms with Crippen molar-refractivity contribution in [2.24, 2.45) is 5.73 Å². The Labute approximate surface area is 121 Å². The van der Waals surface area contributed by atoms with Crippen LogP contribution in [0.5, 0.6) is 0 Å². The Morgan fingerprint density at radius 2 is 2.20 bits per heavy atom. The lowest BCUT2D eigenvalue weighted by molar-refractivity contribution is 0.102. The van der Waals surface area contributed by atoms with Crippen molar-refractivity contribution in [1.29, 1.82) is 5.26 Å². The first-order valence-corrected chi connectivity index (χ1v) is 6.18. The topological polar surface area (TPSA) is 91.8 Å². The molecule has 1 aromatic carbocycles. The van der Waals surface area contributed by atoms with E-state index < -0.39 is 0 Å². The standard InChI is InChI=1S/C14H11ClN4O/c15-13-6-11(2-1-10(13)7-16)19-14(20)9-3-4-18-12(5-9)8-17/h1-6H,8,17H2,(H,19,20). The van der Waals surface area contributed by atoms with Crippen molar-refractivity contribution in [3.8, 4) is 6.07 Å². The quantitative estimate of drug-likeness (QED) is 0.905. The van der Waals surface area contributed by atoms with E-state index in [0.29, 0.717) is 27.5 Å². The van der Waals surface area contributed by atoms with Crippen molar-refractivity contribution >= 4 is 23.2 Å². The van der Waals surface area contributed by atoms with Gasteiger partial charge in [-0.25, -0.2) is 0 Å². The van der Waals surface area contributed by atoms with Crippen molar-refractivity contribution in [2.45, 2.75) is 6.54 Å². The van der Waals surface area contributed by atoms with Gasteiger partial charge in [0, 0.05) is 24.0 Å². The molecule has 1 heterocycles. The summed E-state index contributed by atoms with van der Waals surface area (Å²) >= 11 is 5.91.